The lowest BCUT2D eigenvalue weighted by Gasteiger charge is -2.34. The van der Waals surface area contributed by atoms with Crippen molar-refractivity contribution in [2.75, 3.05) is 13.6 Å². The molecule has 1 nitrogen and oxygen atoms in total. The fraction of sp³-hybridized carbons (Fsp3) is 0.333. The van der Waals surface area contributed by atoms with Crippen LogP contribution in [-0.2, 0) is 11.8 Å². The van der Waals surface area contributed by atoms with Gasteiger partial charge in [0.1, 0.15) is 0 Å². The molecule has 0 aromatic heterocycles. The van der Waals surface area contributed by atoms with Crippen LogP contribution in [0, 0.1) is 0 Å². The van der Waals surface area contributed by atoms with Crippen molar-refractivity contribution in [3.05, 3.63) is 70.2 Å². The molecule has 2 heteroatoms. The van der Waals surface area contributed by atoms with Gasteiger partial charge in [-0.15, -0.1) is 0 Å². The van der Waals surface area contributed by atoms with Crippen LogP contribution < -0.4 is 5.32 Å². The molecule has 1 atom stereocenters. The summed E-state index contributed by atoms with van der Waals surface area (Å²) in [5, 5.41) is 3.38. The van der Waals surface area contributed by atoms with Crippen LogP contribution in [0.4, 0.5) is 0 Å². The smallest absolute Gasteiger partial charge is 0.0178 e. The minimum Gasteiger partial charge on any atom is -0.319 e. The zero-order chi connectivity index (χ0) is 14.4. The molecule has 0 aliphatic heterocycles. The van der Waals surface area contributed by atoms with Crippen molar-refractivity contribution < 1.29 is 0 Å². The molecular weight excluding hydrogens is 310 g/mol. The molecule has 0 fully saturated rings. The van der Waals surface area contributed by atoms with Crippen LogP contribution in [0.3, 0.4) is 0 Å². The highest BCUT2D eigenvalue weighted by Gasteiger charge is 2.29. The molecular formula is C18H22BrN. The van der Waals surface area contributed by atoms with E-state index in [1.807, 2.05) is 7.05 Å². The Bertz CT molecular complexity index is 538. The van der Waals surface area contributed by atoms with Crippen LogP contribution in [0.15, 0.2) is 59.1 Å². The lowest BCUT2D eigenvalue weighted by atomic mass is 9.73. The summed E-state index contributed by atoms with van der Waals surface area (Å²) in [6, 6.07) is 19.5. The summed E-state index contributed by atoms with van der Waals surface area (Å²) in [6.45, 7) is 3.27. The first-order valence-corrected chi connectivity index (χ1v) is 7.94. The molecule has 2 aromatic carbocycles. The number of nitrogens with one attached hydrogen (secondary N) is 1. The second-order valence-electron chi connectivity index (χ2n) is 5.34. The van der Waals surface area contributed by atoms with E-state index in [1.165, 1.54) is 11.1 Å². The van der Waals surface area contributed by atoms with E-state index in [9.17, 15) is 0 Å². The third-order valence-electron chi connectivity index (χ3n) is 4.01. The van der Waals surface area contributed by atoms with Gasteiger partial charge in [0, 0.05) is 16.4 Å². The second kappa shape index (κ2) is 7.05. The van der Waals surface area contributed by atoms with Crippen molar-refractivity contribution in [1.82, 2.24) is 5.32 Å². The maximum Gasteiger partial charge on any atom is 0.0178 e. The summed E-state index contributed by atoms with van der Waals surface area (Å²) >= 11 is 3.57. The third-order valence-corrected chi connectivity index (χ3v) is 4.50. The van der Waals surface area contributed by atoms with Gasteiger partial charge in [-0.3, -0.25) is 0 Å². The fourth-order valence-corrected chi connectivity index (χ4v) is 3.34. The zero-order valence-electron chi connectivity index (χ0n) is 12.2. The van der Waals surface area contributed by atoms with Gasteiger partial charge >= 0.3 is 0 Å². The summed E-state index contributed by atoms with van der Waals surface area (Å²) in [4.78, 5) is 0. The maximum absolute atomic E-state index is 3.57. The van der Waals surface area contributed by atoms with E-state index in [0.29, 0.717) is 0 Å². The Kier molecular flexibility index (Phi) is 5.38. The first-order valence-electron chi connectivity index (χ1n) is 7.15. The van der Waals surface area contributed by atoms with Crippen molar-refractivity contribution >= 4 is 15.9 Å². The van der Waals surface area contributed by atoms with Crippen LogP contribution >= 0.6 is 15.9 Å². The van der Waals surface area contributed by atoms with Crippen LogP contribution in [0.5, 0.6) is 0 Å². The van der Waals surface area contributed by atoms with Crippen molar-refractivity contribution in [3.8, 4) is 0 Å². The lowest BCUT2D eigenvalue weighted by molar-refractivity contribution is 0.391. The van der Waals surface area contributed by atoms with Crippen molar-refractivity contribution in [3.63, 3.8) is 0 Å². The highest BCUT2D eigenvalue weighted by atomic mass is 79.9. The minimum atomic E-state index is 0.150. The first-order chi connectivity index (χ1) is 9.70. The Balaban J connectivity index is 2.37. The predicted octanol–water partition coefficient (Wildman–Crippen LogP) is 4.56. The summed E-state index contributed by atoms with van der Waals surface area (Å²) in [7, 11) is 2.04. The Labute approximate surface area is 130 Å². The number of hydrogen-bond acceptors (Lipinski definition) is 1. The monoisotopic (exact) mass is 331 g/mol. The lowest BCUT2D eigenvalue weighted by Crippen LogP contribution is -2.38. The standard InChI is InChI=1S/C18H22BrN/c1-3-18(14-20-2,16-9-5-4-6-10-16)13-15-8-7-11-17(19)12-15/h4-12,20H,3,13-14H2,1-2H3. The Hall–Kier alpha value is -1.12. The number of hydrogen-bond donors (Lipinski definition) is 1. The predicted molar refractivity (Wildman–Crippen MR) is 90.2 cm³/mol. The summed E-state index contributed by atoms with van der Waals surface area (Å²) in [5.74, 6) is 0. The van der Waals surface area contributed by atoms with Gasteiger partial charge in [-0.05, 0) is 43.1 Å². The van der Waals surface area contributed by atoms with Crippen LogP contribution in [-0.4, -0.2) is 13.6 Å². The molecule has 0 radical (unpaired) electrons. The average Bonchev–Trinajstić information content (AvgIpc) is 2.48. The molecule has 0 aliphatic rings. The van der Waals surface area contributed by atoms with Crippen molar-refractivity contribution in [2.24, 2.45) is 0 Å². The van der Waals surface area contributed by atoms with Crippen LogP contribution in [0.25, 0.3) is 0 Å². The Morgan fingerprint density at radius 2 is 1.80 bits per heavy atom. The van der Waals surface area contributed by atoms with Gasteiger partial charge in [-0.1, -0.05) is 65.3 Å². The quantitative estimate of drug-likeness (QED) is 0.818. The summed E-state index contributed by atoms with van der Waals surface area (Å²) in [5.41, 5.74) is 2.94. The zero-order valence-corrected chi connectivity index (χ0v) is 13.8. The largest absolute Gasteiger partial charge is 0.319 e. The molecule has 0 saturated heterocycles. The molecule has 0 saturated carbocycles. The minimum absolute atomic E-state index is 0.150. The van der Waals surface area contributed by atoms with E-state index in [0.717, 1.165) is 23.9 Å². The van der Waals surface area contributed by atoms with E-state index in [1.54, 1.807) is 0 Å². The number of halogens is 1. The molecule has 1 unspecified atom stereocenters. The molecule has 20 heavy (non-hydrogen) atoms. The van der Waals surface area contributed by atoms with Gasteiger partial charge in [0.05, 0.1) is 0 Å². The van der Waals surface area contributed by atoms with E-state index in [4.69, 9.17) is 0 Å². The third kappa shape index (κ3) is 3.50. The second-order valence-corrected chi connectivity index (χ2v) is 6.25. The highest BCUT2D eigenvalue weighted by molar-refractivity contribution is 9.10. The number of rotatable bonds is 6. The first kappa shape index (κ1) is 15.3. The summed E-state index contributed by atoms with van der Waals surface area (Å²) in [6.07, 6.45) is 2.16. The van der Waals surface area contributed by atoms with E-state index in [-0.39, 0.29) is 5.41 Å². The van der Waals surface area contributed by atoms with Crippen molar-refractivity contribution in [1.29, 1.82) is 0 Å². The molecule has 1 N–H and O–H groups in total. The van der Waals surface area contributed by atoms with Gasteiger partial charge < -0.3 is 5.32 Å². The number of benzene rings is 2. The van der Waals surface area contributed by atoms with Gasteiger partial charge in [-0.25, -0.2) is 0 Å². The van der Waals surface area contributed by atoms with Gasteiger partial charge in [0.15, 0.2) is 0 Å². The highest BCUT2D eigenvalue weighted by Crippen LogP contribution is 2.32. The molecule has 0 amide bonds. The molecule has 106 valence electrons. The van der Waals surface area contributed by atoms with E-state index < -0.39 is 0 Å². The Morgan fingerprint density at radius 1 is 1.05 bits per heavy atom. The molecule has 2 aromatic rings. The fourth-order valence-electron chi connectivity index (χ4n) is 2.89. The average molecular weight is 332 g/mol. The van der Waals surface area contributed by atoms with E-state index >= 15 is 0 Å². The summed E-state index contributed by atoms with van der Waals surface area (Å²) < 4.78 is 1.15. The SMILES string of the molecule is CCC(CNC)(Cc1cccc(Br)c1)c1ccccc1. The van der Waals surface area contributed by atoms with Crippen LogP contribution in [0.2, 0.25) is 0 Å². The normalized spacial score (nSPS) is 13.9. The van der Waals surface area contributed by atoms with Gasteiger partial charge in [-0.2, -0.15) is 0 Å². The topological polar surface area (TPSA) is 12.0 Å². The molecule has 0 heterocycles. The maximum atomic E-state index is 3.57. The van der Waals surface area contributed by atoms with Gasteiger partial charge in [0.25, 0.3) is 0 Å². The van der Waals surface area contributed by atoms with Crippen LogP contribution in [0.1, 0.15) is 24.5 Å². The molecule has 0 aliphatic carbocycles. The van der Waals surface area contributed by atoms with Crippen molar-refractivity contribution in [2.45, 2.75) is 25.2 Å². The van der Waals surface area contributed by atoms with E-state index in [2.05, 4.69) is 82.8 Å². The molecule has 2 rings (SSSR count). The molecule has 0 bridgehead atoms. The Morgan fingerprint density at radius 3 is 2.40 bits per heavy atom. The molecule has 0 spiro atoms. The van der Waals surface area contributed by atoms with Gasteiger partial charge in [0.2, 0.25) is 0 Å². The number of likely N-dealkylation sites (N-methyl/N-ethyl adjacent to an activating group) is 1.